The molecular formula is C77H137Br4F3N21O13+. The summed E-state index contributed by atoms with van der Waals surface area (Å²) in [7, 11) is 8.51. The van der Waals surface area contributed by atoms with Gasteiger partial charge in [0.15, 0.2) is 12.7 Å². The van der Waals surface area contributed by atoms with Crippen LogP contribution in [0.2, 0.25) is 0 Å². The third-order valence-electron chi connectivity index (χ3n) is 15.5. The first kappa shape index (κ1) is 113. The van der Waals surface area contributed by atoms with E-state index in [1.165, 1.54) is 5.01 Å². The quantitative estimate of drug-likeness (QED) is 0.0150. The van der Waals surface area contributed by atoms with Crippen LogP contribution in [0.3, 0.4) is 0 Å². The molecule has 1 saturated heterocycles. The number of benzene rings is 2. The molecule has 11 amide bonds. The van der Waals surface area contributed by atoms with Gasteiger partial charge in [0.05, 0.1) is 47.5 Å². The van der Waals surface area contributed by atoms with Crippen LogP contribution >= 0.6 is 63.7 Å². The summed E-state index contributed by atoms with van der Waals surface area (Å²) in [5, 5.41) is 17.3. The molecule has 41 heteroatoms. The van der Waals surface area contributed by atoms with E-state index in [2.05, 4.69) is 146 Å². The van der Waals surface area contributed by atoms with E-state index in [1.54, 1.807) is 97.9 Å². The van der Waals surface area contributed by atoms with Crippen molar-refractivity contribution >= 4 is 135 Å². The van der Waals surface area contributed by atoms with Crippen LogP contribution in [0, 0.1) is 41.4 Å². The Morgan fingerprint density at radius 3 is 1.10 bits per heavy atom. The molecule has 0 saturated carbocycles. The number of quaternary nitrogens is 1. The van der Waals surface area contributed by atoms with Gasteiger partial charge in [0.2, 0.25) is 23.6 Å². The lowest BCUT2D eigenvalue weighted by atomic mass is 10.2. The average molecular weight is 1940 g/mol. The predicted octanol–water partition coefficient (Wildman–Crippen LogP) is 6.28. The molecule has 118 heavy (non-hydrogen) atoms. The van der Waals surface area contributed by atoms with Gasteiger partial charge in [-0.25, -0.2) is 51.5 Å². The van der Waals surface area contributed by atoms with E-state index < -0.39 is 41.6 Å². The van der Waals surface area contributed by atoms with Gasteiger partial charge in [-0.3, -0.25) is 105 Å². The Kier molecular flexibility index (Phi) is 58.5. The van der Waals surface area contributed by atoms with E-state index in [0.717, 1.165) is 29.1 Å². The summed E-state index contributed by atoms with van der Waals surface area (Å²) in [6, 6.07) is 19.4. The third-order valence-corrected chi connectivity index (χ3v) is 17.5. The molecule has 34 nitrogen and oxygen atoms in total. The minimum absolute atomic E-state index is 0.0290. The molecule has 2 aromatic carbocycles. The molecule has 0 aliphatic carbocycles. The van der Waals surface area contributed by atoms with Crippen molar-refractivity contribution in [3.63, 3.8) is 0 Å². The first-order valence-electron chi connectivity index (χ1n) is 39.2. The molecule has 1 fully saturated rings. The van der Waals surface area contributed by atoms with Crippen molar-refractivity contribution < 1.29 is 80.0 Å². The van der Waals surface area contributed by atoms with E-state index >= 15 is 0 Å². The number of ketones is 1. The highest BCUT2D eigenvalue weighted by Gasteiger charge is 2.48. The van der Waals surface area contributed by atoms with Crippen LogP contribution in [-0.4, -0.2) is 280 Å². The number of ether oxygens (including phenoxy) is 1. The fourth-order valence-corrected chi connectivity index (χ4v) is 11.6. The lowest BCUT2D eigenvalue weighted by molar-refractivity contribution is -0.967. The Labute approximate surface area is 731 Å². The van der Waals surface area contributed by atoms with E-state index in [-0.39, 0.29) is 130 Å². The lowest BCUT2D eigenvalue weighted by Gasteiger charge is -2.39. The number of hydrazine groups is 9. The second kappa shape index (κ2) is 60.8. The highest BCUT2D eigenvalue weighted by Crippen LogP contribution is 2.25. The second-order valence-corrected chi connectivity index (χ2v) is 33.9. The fraction of sp³-hybridized carbons (Fsp3) is 0.688. The van der Waals surface area contributed by atoms with Crippen molar-refractivity contribution in [1.82, 2.24) is 105 Å². The molecule has 0 radical (unpaired) electrons. The van der Waals surface area contributed by atoms with Crippen LogP contribution in [0.25, 0.3) is 0 Å². The monoisotopic (exact) mass is 1940 g/mol. The Morgan fingerprint density at radius 1 is 0.441 bits per heavy atom. The third kappa shape index (κ3) is 53.2. The molecule has 676 valence electrons. The number of likely N-dealkylation sites (tertiary alicyclic amines) is 1. The van der Waals surface area contributed by atoms with E-state index in [0.29, 0.717) is 82.5 Å². The highest BCUT2D eigenvalue weighted by atomic mass is 79.9. The second-order valence-electron chi connectivity index (χ2n) is 31.7. The Hall–Kier alpha value is -6.61. The fourth-order valence-electron chi connectivity index (χ4n) is 11.1. The maximum absolute atomic E-state index is 12.9. The molecule has 0 aromatic heterocycles. The smallest absolute Gasteiger partial charge is 0.444 e. The predicted molar refractivity (Wildman–Crippen MR) is 464 cm³/mol. The maximum Gasteiger partial charge on any atom is 0.460 e. The van der Waals surface area contributed by atoms with Crippen LogP contribution < -0.4 is 59.6 Å². The summed E-state index contributed by atoms with van der Waals surface area (Å²) in [5.41, 5.74) is 28.6. The van der Waals surface area contributed by atoms with Crippen LogP contribution in [0.1, 0.15) is 142 Å². The van der Waals surface area contributed by atoms with Gasteiger partial charge in [-0.15, -0.1) is 0 Å². The summed E-state index contributed by atoms with van der Waals surface area (Å²) in [6.45, 7) is 38.4. The molecule has 3 rings (SSSR count). The van der Waals surface area contributed by atoms with E-state index in [9.17, 15) is 70.7 Å². The van der Waals surface area contributed by atoms with Crippen LogP contribution in [0.4, 0.5) is 18.0 Å². The van der Waals surface area contributed by atoms with E-state index in [4.69, 9.17) is 4.74 Å². The van der Waals surface area contributed by atoms with Gasteiger partial charge in [0.1, 0.15) is 12.1 Å². The van der Waals surface area contributed by atoms with Crippen molar-refractivity contribution in [2.75, 3.05) is 142 Å². The number of alkyl carbamates (subject to hydrolysis) is 1. The van der Waals surface area contributed by atoms with Gasteiger partial charge in [0.25, 0.3) is 29.5 Å². The van der Waals surface area contributed by atoms with Gasteiger partial charge in [-0.1, -0.05) is 221 Å². The molecule has 1 aliphatic heterocycles. The number of hydrogen-bond acceptors (Lipinski definition) is 22. The first-order chi connectivity index (χ1) is 54.9. The number of halogens is 7. The summed E-state index contributed by atoms with van der Waals surface area (Å²) in [4.78, 5) is 144. The zero-order chi connectivity index (χ0) is 90.8. The van der Waals surface area contributed by atoms with Crippen LogP contribution in [-0.2, 0) is 70.6 Å². The largest absolute Gasteiger partial charge is 0.460 e. The maximum atomic E-state index is 12.9. The number of nitrogens with one attached hydrogen (secondary N) is 11. The number of amides is 11. The number of nitrogens with zero attached hydrogens (tertiary/aromatic N) is 10. The molecular weight excluding hydrogens is 1800 g/mol. The molecule has 2 atom stereocenters. The van der Waals surface area contributed by atoms with Gasteiger partial charge in [-0.2, -0.15) is 23.2 Å². The van der Waals surface area contributed by atoms with Crippen LogP contribution in [0.5, 0.6) is 0 Å². The zero-order valence-electron chi connectivity index (χ0n) is 73.2. The van der Waals surface area contributed by atoms with Crippen molar-refractivity contribution in [3.05, 3.63) is 71.8 Å². The molecule has 11 N–H and O–H groups in total. The number of alkyl halides is 7. The first-order valence-corrected chi connectivity index (χ1v) is 43.7. The number of hydrogen-bond donors (Lipinski definition) is 11. The number of Topliss-reactive ketones (excluding diaryl/α,β-unsaturated/α-hetero) is 1. The summed E-state index contributed by atoms with van der Waals surface area (Å²) >= 11 is 12.5. The summed E-state index contributed by atoms with van der Waals surface area (Å²) < 4.78 is 42.2. The molecule has 1 heterocycles. The zero-order valence-corrected chi connectivity index (χ0v) is 79.5. The van der Waals surface area contributed by atoms with Crippen molar-refractivity contribution in [2.24, 2.45) is 41.4 Å². The number of carbonyl (C=O) groups is 12. The lowest BCUT2D eigenvalue weighted by Crippen LogP contribution is -2.70. The normalized spacial score (nSPS) is 13.9. The molecule has 2 aromatic rings. The average Bonchev–Trinajstić information content (AvgIpc) is 1.62. The Bertz CT molecular complexity index is 3310. The van der Waals surface area contributed by atoms with Gasteiger partial charge < -0.3 is 4.74 Å². The van der Waals surface area contributed by atoms with Crippen LogP contribution in [0.15, 0.2) is 60.7 Å². The van der Waals surface area contributed by atoms with Gasteiger partial charge in [-0.05, 0) is 73.3 Å². The molecule has 1 aliphatic rings. The summed E-state index contributed by atoms with van der Waals surface area (Å²) in [5.74, 6) is -4.05. The van der Waals surface area contributed by atoms with Gasteiger partial charge >= 0.3 is 24.0 Å². The molecule has 0 bridgehead atoms. The van der Waals surface area contributed by atoms with Gasteiger partial charge in [0, 0.05) is 107 Å². The van der Waals surface area contributed by atoms with Crippen molar-refractivity contribution in [3.8, 4) is 0 Å². The van der Waals surface area contributed by atoms with E-state index in [1.807, 2.05) is 129 Å². The number of carbonyl (C=O) groups excluding carboxylic acids is 12. The molecule has 0 spiro atoms. The highest BCUT2D eigenvalue weighted by molar-refractivity contribution is 9.10. The molecule has 2 unspecified atom stereocenters. The summed E-state index contributed by atoms with van der Waals surface area (Å²) in [6.07, 6.45) is -4.86. The SMILES string of the molecule is CC(C)CN(C)NC(=O)CN(Cc1ccccc1)NC(=O)CBr.CNN(CC(C)C)C(=O)CN(CC(C)C)NC(=O)C(=O)C(F)(F)F.CNN(CC(C)C)C(=O)CN(CC(C)C)NC(=O)CBr.CNN(CC(C)C)C(=O)CN(Cc1ccccc1)NC(=O)CBr.CNN(CC(C)C)C(=O)C[N+]1(NC(=O)CBr)CCCC1NC(=O)OC(C)(C)C. The van der Waals surface area contributed by atoms with Crippen molar-refractivity contribution in [1.29, 1.82) is 0 Å². The standard InChI is InChI=1S/C18H34BrN5O4.2C16H25BrN4O2.C14H25F3N4O3.C13H27BrN4O2/c1-13(2)11-23(20-6)16(26)12-24(22-15(25)10-19)9-7-8-14(24)21-17(27)28-18(3,4)5;1-13(2)10-20(3)18-16(23)12-21(19-15(22)9-17)11-14-7-5-4-6-8-14;1-13(2)10-21(18-3)16(23)12-20(19-15(22)9-17)11-14-7-5-4-6-8-14;1-9(2)6-20(19-13(24)12(23)14(15,16)17)8-11(22)21(18-5)7-10(3)4;1-10(2)7-17(16-12(19)6-14)9-13(20)18(15-5)8-11(3)4/h13-14,20H,7-12H2,1-6H3,(H-,21,22,25,27);4-8,13H,9-12H2,1-3H3,(H,18,23)(H,19,22);4-8,13,18H,9-12H2,1-3H3,(H,19,22);9-10,18H,6-8H2,1-5H3,(H,19,24);10-11,15H,6-9H2,1-5H3,(H,16,19)/p+1. The van der Waals surface area contributed by atoms with Crippen molar-refractivity contribution in [2.45, 2.75) is 162 Å². The minimum atomic E-state index is -5.26. The topological polar surface area (TPSA) is 376 Å². The number of rotatable bonds is 44. The Balaban J connectivity index is 0. The minimum Gasteiger partial charge on any atom is -0.444 e. The Morgan fingerprint density at radius 2 is 0.771 bits per heavy atom.